The number of halogens is 4. The molecule has 0 radical (unpaired) electrons. The maximum atomic E-state index is 13.0. The molecular formula is C17H13ClF3NO3. The quantitative estimate of drug-likeness (QED) is 0.840. The summed E-state index contributed by atoms with van der Waals surface area (Å²) in [6.07, 6.45) is -4.88. The first kappa shape index (κ1) is 18.8. The molecule has 2 rings (SSSR count). The van der Waals surface area contributed by atoms with E-state index in [4.69, 9.17) is 11.6 Å². The van der Waals surface area contributed by atoms with Crippen LogP contribution >= 0.6 is 11.6 Å². The lowest BCUT2D eigenvalue weighted by atomic mass is 10.0. The van der Waals surface area contributed by atoms with Gasteiger partial charge >= 0.3 is 12.1 Å². The summed E-state index contributed by atoms with van der Waals surface area (Å²) in [6, 6.07) is 9.18. The van der Waals surface area contributed by atoms with Gasteiger partial charge < -0.3 is 10.4 Å². The van der Waals surface area contributed by atoms with Crippen LogP contribution in [0.2, 0.25) is 5.02 Å². The SMILES string of the molecule is O=C(N[C@@H](Cc1ccccc1Cl)C(=O)O)c1ccccc1C(F)(F)F. The van der Waals surface area contributed by atoms with Gasteiger partial charge in [0.1, 0.15) is 6.04 Å². The molecule has 0 aliphatic carbocycles. The number of aliphatic carboxylic acids is 1. The number of carbonyl (C=O) groups is 2. The predicted molar refractivity (Wildman–Crippen MR) is 85.5 cm³/mol. The minimum absolute atomic E-state index is 0.158. The molecule has 8 heteroatoms. The predicted octanol–water partition coefficient (Wildman–Crippen LogP) is 3.78. The highest BCUT2D eigenvalue weighted by Crippen LogP contribution is 2.31. The molecule has 0 aliphatic heterocycles. The summed E-state index contributed by atoms with van der Waals surface area (Å²) < 4.78 is 39.0. The van der Waals surface area contributed by atoms with Gasteiger partial charge in [-0.15, -0.1) is 0 Å². The van der Waals surface area contributed by atoms with E-state index in [0.717, 1.165) is 18.2 Å². The van der Waals surface area contributed by atoms with Crippen molar-refractivity contribution >= 4 is 23.5 Å². The molecule has 2 N–H and O–H groups in total. The van der Waals surface area contributed by atoms with E-state index in [9.17, 15) is 27.9 Å². The van der Waals surface area contributed by atoms with E-state index >= 15 is 0 Å². The van der Waals surface area contributed by atoms with E-state index in [1.165, 1.54) is 6.07 Å². The van der Waals surface area contributed by atoms with Crippen molar-refractivity contribution in [1.29, 1.82) is 0 Å². The van der Waals surface area contributed by atoms with Crippen molar-refractivity contribution in [1.82, 2.24) is 5.32 Å². The zero-order chi connectivity index (χ0) is 18.6. The van der Waals surface area contributed by atoms with Gasteiger partial charge in [0.2, 0.25) is 0 Å². The molecule has 0 heterocycles. The third-order valence-electron chi connectivity index (χ3n) is 3.46. The van der Waals surface area contributed by atoms with E-state index in [2.05, 4.69) is 5.32 Å². The van der Waals surface area contributed by atoms with Crippen LogP contribution in [0.1, 0.15) is 21.5 Å². The molecule has 0 saturated heterocycles. The van der Waals surface area contributed by atoms with Gasteiger partial charge in [-0.05, 0) is 23.8 Å². The van der Waals surface area contributed by atoms with Crippen molar-refractivity contribution in [2.75, 3.05) is 0 Å². The average Bonchev–Trinajstić information content (AvgIpc) is 2.55. The van der Waals surface area contributed by atoms with Gasteiger partial charge in [-0.2, -0.15) is 13.2 Å². The van der Waals surface area contributed by atoms with Crippen molar-refractivity contribution < 1.29 is 27.9 Å². The lowest BCUT2D eigenvalue weighted by molar-refractivity contribution is -0.139. The number of rotatable bonds is 5. The molecule has 1 atom stereocenters. The molecule has 0 spiro atoms. The van der Waals surface area contributed by atoms with Crippen LogP contribution in [0.5, 0.6) is 0 Å². The van der Waals surface area contributed by atoms with Crippen LogP contribution in [-0.2, 0) is 17.4 Å². The van der Waals surface area contributed by atoms with E-state index in [0.29, 0.717) is 10.6 Å². The van der Waals surface area contributed by atoms with Gasteiger partial charge in [-0.1, -0.05) is 41.9 Å². The minimum Gasteiger partial charge on any atom is -0.480 e. The second kappa shape index (κ2) is 7.57. The van der Waals surface area contributed by atoms with E-state index in [1.54, 1.807) is 24.3 Å². The van der Waals surface area contributed by atoms with Crippen LogP contribution in [0.25, 0.3) is 0 Å². The summed E-state index contributed by atoms with van der Waals surface area (Å²) in [5.41, 5.74) is -1.31. The molecule has 0 aliphatic rings. The highest BCUT2D eigenvalue weighted by molar-refractivity contribution is 6.31. The van der Waals surface area contributed by atoms with Gasteiger partial charge in [0.15, 0.2) is 0 Å². The molecule has 0 aromatic heterocycles. The maximum absolute atomic E-state index is 13.0. The molecule has 25 heavy (non-hydrogen) atoms. The fraction of sp³-hybridized carbons (Fsp3) is 0.176. The van der Waals surface area contributed by atoms with Crippen LogP contribution in [0.3, 0.4) is 0 Å². The number of alkyl halides is 3. The molecule has 0 bridgehead atoms. The number of nitrogens with one attached hydrogen (secondary N) is 1. The molecule has 0 fully saturated rings. The number of carboxylic acid groups (broad SMARTS) is 1. The van der Waals surface area contributed by atoms with Gasteiger partial charge in [0, 0.05) is 11.4 Å². The van der Waals surface area contributed by atoms with Crippen LogP contribution < -0.4 is 5.32 Å². The zero-order valence-corrected chi connectivity index (χ0v) is 13.4. The Kier molecular flexibility index (Phi) is 5.69. The molecule has 132 valence electrons. The van der Waals surface area contributed by atoms with Gasteiger partial charge in [0.05, 0.1) is 11.1 Å². The summed E-state index contributed by atoms with van der Waals surface area (Å²) in [6.45, 7) is 0. The monoisotopic (exact) mass is 371 g/mol. The molecule has 1 amide bonds. The Morgan fingerprint density at radius 3 is 2.28 bits per heavy atom. The highest BCUT2D eigenvalue weighted by atomic mass is 35.5. The Morgan fingerprint density at radius 1 is 1.08 bits per heavy atom. The molecular weight excluding hydrogens is 359 g/mol. The van der Waals surface area contributed by atoms with Crippen molar-refractivity contribution in [2.24, 2.45) is 0 Å². The van der Waals surface area contributed by atoms with Crippen LogP contribution in [0.4, 0.5) is 13.2 Å². The third-order valence-corrected chi connectivity index (χ3v) is 3.83. The Bertz CT molecular complexity index is 793. The Morgan fingerprint density at radius 2 is 1.68 bits per heavy atom. The number of carbonyl (C=O) groups excluding carboxylic acids is 1. The summed E-state index contributed by atoms with van der Waals surface area (Å²) in [5.74, 6) is -2.50. The number of hydrogen-bond donors (Lipinski definition) is 2. The van der Waals surface area contributed by atoms with Gasteiger partial charge in [0.25, 0.3) is 5.91 Å². The Hall–Kier alpha value is -2.54. The first-order valence-electron chi connectivity index (χ1n) is 7.13. The van der Waals surface area contributed by atoms with Crippen LogP contribution in [-0.4, -0.2) is 23.0 Å². The molecule has 2 aromatic rings. The van der Waals surface area contributed by atoms with E-state index in [-0.39, 0.29) is 6.42 Å². The fourth-order valence-electron chi connectivity index (χ4n) is 2.25. The Balaban J connectivity index is 2.25. The second-order valence-electron chi connectivity index (χ2n) is 5.20. The maximum Gasteiger partial charge on any atom is 0.417 e. The molecule has 4 nitrogen and oxygen atoms in total. The zero-order valence-electron chi connectivity index (χ0n) is 12.7. The normalized spacial score (nSPS) is 12.5. The average molecular weight is 372 g/mol. The number of hydrogen-bond acceptors (Lipinski definition) is 2. The third kappa shape index (κ3) is 4.73. The summed E-state index contributed by atoms with van der Waals surface area (Å²) in [4.78, 5) is 23.6. The fourth-order valence-corrected chi connectivity index (χ4v) is 2.46. The van der Waals surface area contributed by atoms with Crippen molar-refractivity contribution in [3.63, 3.8) is 0 Å². The van der Waals surface area contributed by atoms with E-state index < -0.39 is 35.2 Å². The number of benzene rings is 2. The van der Waals surface area contributed by atoms with Crippen molar-refractivity contribution in [3.8, 4) is 0 Å². The number of amides is 1. The first-order valence-corrected chi connectivity index (χ1v) is 7.51. The topological polar surface area (TPSA) is 66.4 Å². The van der Waals surface area contributed by atoms with Gasteiger partial charge in [-0.25, -0.2) is 4.79 Å². The summed E-state index contributed by atoms with van der Waals surface area (Å²) in [5, 5.41) is 11.7. The second-order valence-corrected chi connectivity index (χ2v) is 5.61. The highest BCUT2D eigenvalue weighted by Gasteiger charge is 2.35. The van der Waals surface area contributed by atoms with Gasteiger partial charge in [-0.3, -0.25) is 4.79 Å². The smallest absolute Gasteiger partial charge is 0.417 e. The van der Waals surface area contributed by atoms with Crippen molar-refractivity contribution in [3.05, 3.63) is 70.2 Å². The standard InChI is InChI=1S/C17H13ClF3NO3/c18-13-8-4-1-5-10(13)9-14(16(24)25)22-15(23)11-6-2-3-7-12(11)17(19,20)21/h1-8,14H,9H2,(H,22,23)(H,24,25)/t14-/m0/s1. The van der Waals surface area contributed by atoms with Crippen LogP contribution in [0, 0.1) is 0 Å². The summed E-state index contributed by atoms with van der Waals surface area (Å²) in [7, 11) is 0. The first-order chi connectivity index (χ1) is 11.7. The largest absolute Gasteiger partial charge is 0.480 e. The number of carboxylic acids is 1. The van der Waals surface area contributed by atoms with Crippen LogP contribution in [0.15, 0.2) is 48.5 Å². The molecule has 2 aromatic carbocycles. The van der Waals surface area contributed by atoms with Crippen molar-refractivity contribution in [2.45, 2.75) is 18.6 Å². The summed E-state index contributed by atoms with van der Waals surface area (Å²) >= 11 is 5.96. The molecule has 0 saturated carbocycles. The Labute approximate surface area is 146 Å². The lowest BCUT2D eigenvalue weighted by Crippen LogP contribution is -2.43. The molecule has 0 unspecified atom stereocenters. The lowest BCUT2D eigenvalue weighted by Gasteiger charge is -2.17. The minimum atomic E-state index is -4.73. The van der Waals surface area contributed by atoms with E-state index in [1.807, 2.05) is 0 Å².